The lowest BCUT2D eigenvalue weighted by Gasteiger charge is -2.29. The zero-order valence-corrected chi connectivity index (χ0v) is 13.0. The minimum Gasteiger partial charge on any atom is -0.482 e. The lowest BCUT2D eigenvalue weighted by atomic mass is 10.0. The Balaban J connectivity index is 0.00000220. The molecular weight excluding hydrogens is 298 g/mol. The second-order valence-corrected chi connectivity index (χ2v) is 4.85. The number of halogens is 1. The first-order valence-electron chi connectivity index (χ1n) is 6.26. The predicted octanol–water partition coefficient (Wildman–Crippen LogP) is 0.628. The number of ether oxygens (including phenoxy) is 3. The van der Waals surface area contributed by atoms with Crippen LogP contribution in [0.5, 0.6) is 5.75 Å². The maximum absolute atomic E-state index is 11.5. The molecule has 2 heterocycles. The molecule has 0 saturated carbocycles. The van der Waals surface area contributed by atoms with Gasteiger partial charge in [0, 0.05) is 32.5 Å². The van der Waals surface area contributed by atoms with E-state index in [1.807, 2.05) is 6.92 Å². The summed E-state index contributed by atoms with van der Waals surface area (Å²) >= 11 is 0. The lowest BCUT2D eigenvalue weighted by Crippen LogP contribution is -2.43. The van der Waals surface area contributed by atoms with Crippen LogP contribution in [0.15, 0.2) is 12.3 Å². The molecule has 0 radical (unpaired) electrons. The monoisotopic (exact) mass is 317 g/mol. The van der Waals surface area contributed by atoms with Gasteiger partial charge in [0.2, 0.25) is 0 Å². The van der Waals surface area contributed by atoms with Crippen molar-refractivity contribution in [3.63, 3.8) is 0 Å². The Morgan fingerprint density at radius 2 is 2.24 bits per heavy atom. The number of esters is 1. The number of nitrogens with two attached hydrogens (primary N) is 1. The van der Waals surface area contributed by atoms with Gasteiger partial charge >= 0.3 is 5.97 Å². The van der Waals surface area contributed by atoms with E-state index in [1.165, 1.54) is 19.4 Å². The van der Waals surface area contributed by atoms with Gasteiger partial charge in [-0.25, -0.2) is 9.78 Å². The first kappa shape index (κ1) is 17.5. The van der Waals surface area contributed by atoms with E-state index < -0.39 is 11.6 Å². The van der Waals surface area contributed by atoms with E-state index in [9.17, 15) is 4.79 Å². The molecule has 21 heavy (non-hydrogen) atoms. The number of aromatic nitrogens is 1. The third kappa shape index (κ3) is 3.55. The summed E-state index contributed by atoms with van der Waals surface area (Å²) in [5.41, 5.74) is 5.63. The fraction of sp³-hybridized carbons (Fsp3) is 0.538. The zero-order valence-electron chi connectivity index (χ0n) is 12.2. The van der Waals surface area contributed by atoms with E-state index in [1.54, 1.807) is 7.11 Å². The molecule has 1 fully saturated rings. The number of nitrogens with zero attached hydrogens (tertiary/aromatic N) is 1. The highest BCUT2D eigenvalue weighted by Crippen LogP contribution is 2.28. The van der Waals surface area contributed by atoms with Gasteiger partial charge in [0.05, 0.1) is 12.7 Å². The Morgan fingerprint density at radius 3 is 2.86 bits per heavy atom. The molecule has 8 heteroatoms. The van der Waals surface area contributed by atoms with Gasteiger partial charge in [-0.15, -0.1) is 12.4 Å². The molecule has 2 unspecified atom stereocenters. The lowest BCUT2D eigenvalue weighted by molar-refractivity contribution is -0.0468. The summed E-state index contributed by atoms with van der Waals surface area (Å²) in [5, 5.41) is 3.20. The first-order chi connectivity index (χ1) is 9.50. The van der Waals surface area contributed by atoms with Crippen molar-refractivity contribution in [3.8, 4) is 5.75 Å². The third-order valence-electron chi connectivity index (χ3n) is 3.53. The highest BCUT2D eigenvalue weighted by molar-refractivity contribution is 5.89. The van der Waals surface area contributed by atoms with E-state index in [2.05, 4.69) is 15.0 Å². The molecule has 7 nitrogen and oxygen atoms in total. The Labute approximate surface area is 129 Å². The highest BCUT2D eigenvalue weighted by atomic mass is 35.5. The summed E-state index contributed by atoms with van der Waals surface area (Å²) in [6.07, 6.45) is 1.14. The average Bonchev–Trinajstić information content (AvgIpc) is 2.82. The predicted molar refractivity (Wildman–Crippen MR) is 79.9 cm³/mol. The molecule has 1 aromatic rings. The maximum Gasteiger partial charge on any atom is 0.339 e. The van der Waals surface area contributed by atoms with Gasteiger partial charge in [0.25, 0.3) is 0 Å². The van der Waals surface area contributed by atoms with Gasteiger partial charge in [-0.3, -0.25) is 0 Å². The number of methoxy groups -OCH3 is 2. The van der Waals surface area contributed by atoms with Crippen molar-refractivity contribution in [1.82, 2.24) is 10.3 Å². The van der Waals surface area contributed by atoms with E-state index >= 15 is 0 Å². The van der Waals surface area contributed by atoms with Gasteiger partial charge in [0.1, 0.15) is 11.7 Å². The molecule has 118 valence electrons. The molecule has 0 spiro atoms. The molecule has 1 saturated heterocycles. The second-order valence-electron chi connectivity index (χ2n) is 4.85. The maximum atomic E-state index is 11.5. The van der Waals surface area contributed by atoms with E-state index in [0.29, 0.717) is 24.4 Å². The van der Waals surface area contributed by atoms with Crippen LogP contribution in [-0.4, -0.2) is 50.0 Å². The van der Waals surface area contributed by atoms with E-state index in [4.69, 9.17) is 15.2 Å². The number of rotatable bonds is 4. The van der Waals surface area contributed by atoms with E-state index in [0.717, 1.165) is 0 Å². The number of anilines is 1. The average molecular weight is 318 g/mol. The number of nitrogen functional groups attached to an aromatic ring is 1. The number of hydrogen-bond acceptors (Lipinski definition) is 7. The largest absolute Gasteiger partial charge is 0.482 e. The Morgan fingerprint density at radius 1 is 1.52 bits per heavy atom. The molecule has 2 rings (SSSR count). The van der Waals surface area contributed by atoms with Crippen LogP contribution in [0.2, 0.25) is 0 Å². The van der Waals surface area contributed by atoms with Crippen molar-refractivity contribution in [2.24, 2.45) is 0 Å². The molecule has 0 aliphatic carbocycles. The topological polar surface area (TPSA) is 95.7 Å². The molecule has 0 amide bonds. The van der Waals surface area contributed by atoms with Crippen LogP contribution in [-0.2, 0) is 9.47 Å². The second kappa shape index (κ2) is 6.93. The van der Waals surface area contributed by atoms with Crippen LogP contribution in [0.3, 0.4) is 0 Å². The highest BCUT2D eigenvalue weighted by Gasteiger charge is 2.41. The minimum absolute atomic E-state index is 0. The van der Waals surface area contributed by atoms with Gasteiger partial charge in [-0.05, 0) is 6.92 Å². The van der Waals surface area contributed by atoms with Crippen molar-refractivity contribution in [2.75, 3.05) is 33.0 Å². The summed E-state index contributed by atoms with van der Waals surface area (Å²) in [5.74, 6) is 0.0919. The van der Waals surface area contributed by atoms with Crippen LogP contribution in [0.25, 0.3) is 0 Å². The molecular formula is C13H20ClN3O4. The van der Waals surface area contributed by atoms with Crippen molar-refractivity contribution < 1.29 is 19.0 Å². The van der Waals surface area contributed by atoms with Crippen LogP contribution in [0, 0.1) is 0 Å². The Bertz CT molecular complexity index is 514. The smallest absolute Gasteiger partial charge is 0.339 e. The third-order valence-corrected chi connectivity index (χ3v) is 3.53. The molecule has 1 aliphatic heterocycles. The number of nitrogens with one attached hydrogen (secondary N) is 1. The molecule has 0 aromatic carbocycles. The Hall–Kier alpha value is -1.57. The van der Waals surface area contributed by atoms with Crippen molar-refractivity contribution in [1.29, 1.82) is 0 Å². The summed E-state index contributed by atoms with van der Waals surface area (Å²) in [7, 11) is 2.94. The summed E-state index contributed by atoms with van der Waals surface area (Å²) in [6.45, 7) is 3.26. The molecule has 2 atom stereocenters. The van der Waals surface area contributed by atoms with Crippen LogP contribution >= 0.6 is 12.4 Å². The van der Waals surface area contributed by atoms with Crippen LogP contribution in [0.4, 0.5) is 5.82 Å². The van der Waals surface area contributed by atoms with Crippen LogP contribution < -0.4 is 15.8 Å². The number of carbonyl (C=O) groups is 1. The van der Waals surface area contributed by atoms with Crippen molar-refractivity contribution in [3.05, 3.63) is 17.8 Å². The fourth-order valence-electron chi connectivity index (χ4n) is 2.08. The number of pyridine rings is 1. The van der Waals surface area contributed by atoms with Gasteiger partial charge in [-0.2, -0.15) is 0 Å². The van der Waals surface area contributed by atoms with Gasteiger partial charge in [0.15, 0.2) is 11.6 Å². The standard InChI is InChI=1S/C13H19N3O4.ClH/c1-13(19-3)7-15-6-10(13)20-9-4-8(12(17)18-2)5-16-11(9)14;/h4-5,10,15H,6-7H2,1-3H3,(H2,14,16);1H. The molecule has 1 aromatic heterocycles. The first-order valence-corrected chi connectivity index (χ1v) is 6.26. The number of hydrogen-bond donors (Lipinski definition) is 2. The molecule has 3 N–H and O–H groups in total. The summed E-state index contributed by atoms with van der Waals surface area (Å²) in [6, 6.07) is 1.53. The fourth-order valence-corrected chi connectivity index (χ4v) is 2.08. The Kier molecular flexibility index (Phi) is 5.77. The van der Waals surface area contributed by atoms with Gasteiger partial charge in [-0.1, -0.05) is 0 Å². The van der Waals surface area contributed by atoms with E-state index in [-0.39, 0.29) is 24.3 Å². The van der Waals surface area contributed by atoms with Gasteiger partial charge < -0.3 is 25.3 Å². The number of carbonyl (C=O) groups excluding carboxylic acids is 1. The summed E-state index contributed by atoms with van der Waals surface area (Å²) in [4.78, 5) is 15.5. The van der Waals surface area contributed by atoms with Crippen molar-refractivity contribution >= 4 is 24.2 Å². The normalized spacial score (nSPS) is 24.2. The molecule has 0 bridgehead atoms. The minimum atomic E-state index is -0.485. The zero-order chi connectivity index (χ0) is 14.8. The van der Waals surface area contributed by atoms with Crippen LogP contribution in [0.1, 0.15) is 17.3 Å². The molecule has 1 aliphatic rings. The quantitative estimate of drug-likeness (QED) is 0.786. The van der Waals surface area contributed by atoms with Crippen molar-refractivity contribution in [2.45, 2.75) is 18.6 Å². The SMILES string of the molecule is COC(=O)c1cnc(N)c(OC2CNCC2(C)OC)c1.Cl. The summed E-state index contributed by atoms with van der Waals surface area (Å²) < 4.78 is 16.0.